The van der Waals surface area contributed by atoms with Crippen LogP contribution in [0.15, 0.2) is 48.5 Å². The number of rotatable bonds is 4. The van der Waals surface area contributed by atoms with Crippen LogP contribution in [0.25, 0.3) is 0 Å². The molecule has 1 atom stereocenters. The van der Waals surface area contributed by atoms with Gasteiger partial charge in [0.1, 0.15) is 17.2 Å². The molecule has 1 N–H and O–H groups in total. The number of ether oxygens (including phenoxy) is 2. The second kappa shape index (κ2) is 8.53. The number of nitrogens with zero attached hydrogens (tertiary/aromatic N) is 2. The smallest absolute Gasteiger partial charge is 0.275 e. The molecule has 2 aliphatic heterocycles. The van der Waals surface area contributed by atoms with Crippen molar-refractivity contribution in [3.63, 3.8) is 0 Å². The number of hydrogen-bond donors (Lipinski definition) is 1. The maximum Gasteiger partial charge on any atom is 0.275 e. The molecule has 2 heterocycles. The van der Waals surface area contributed by atoms with Crippen LogP contribution in [0.3, 0.4) is 0 Å². The van der Waals surface area contributed by atoms with Crippen molar-refractivity contribution in [3.05, 3.63) is 54.1 Å². The van der Waals surface area contributed by atoms with Gasteiger partial charge in [0.25, 0.3) is 11.6 Å². The van der Waals surface area contributed by atoms with E-state index in [0.29, 0.717) is 6.54 Å². The van der Waals surface area contributed by atoms with Gasteiger partial charge in [-0.05, 0) is 67.8 Å². The van der Waals surface area contributed by atoms with Gasteiger partial charge in [0.05, 0.1) is 20.8 Å². The van der Waals surface area contributed by atoms with Crippen molar-refractivity contribution >= 4 is 11.5 Å². The van der Waals surface area contributed by atoms with Crippen LogP contribution in [0.1, 0.15) is 31.2 Å². The molecule has 2 aromatic rings. The summed E-state index contributed by atoms with van der Waals surface area (Å²) in [6.07, 6.45) is 4.53. The molecular formula is C22H27BrN2O3. The molecule has 2 aliphatic rings. The Labute approximate surface area is 177 Å². The zero-order valence-corrected chi connectivity index (χ0v) is 18.0. The van der Waals surface area contributed by atoms with Crippen LogP contribution in [0.2, 0.25) is 0 Å². The summed E-state index contributed by atoms with van der Waals surface area (Å²) in [6, 6.07) is 15.7. The van der Waals surface area contributed by atoms with E-state index in [1.165, 1.54) is 18.7 Å². The predicted molar refractivity (Wildman–Crippen MR) is 106 cm³/mol. The van der Waals surface area contributed by atoms with Crippen LogP contribution < -0.4 is 31.4 Å². The third-order valence-electron chi connectivity index (χ3n) is 5.62. The van der Waals surface area contributed by atoms with Crippen molar-refractivity contribution in [1.82, 2.24) is 0 Å². The summed E-state index contributed by atoms with van der Waals surface area (Å²) in [5.74, 6) is 2.81. The average Bonchev–Trinajstić information content (AvgIpc) is 2.84. The lowest BCUT2D eigenvalue weighted by atomic mass is 9.99. The van der Waals surface area contributed by atoms with E-state index in [9.17, 15) is 5.11 Å². The summed E-state index contributed by atoms with van der Waals surface area (Å²) < 4.78 is 12.9. The number of aliphatic hydroxyl groups is 1. The molecule has 28 heavy (non-hydrogen) atoms. The van der Waals surface area contributed by atoms with Crippen molar-refractivity contribution in [2.75, 3.05) is 32.2 Å². The number of anilines is 1. The van der Waals surface area contributed by atoms with E-state index >= 15 is 0 Å². The van der Waals surface area contributed by atoms with Gasteiger partial charge in [-0.25, -0.2) is 0 Å². The second-order valence-corrected chi connectivity index (χ2v) is 7.23. The standard InChI is InChI=1S/C22H27N2O3.BrH/c1-26-19-11-7-17(8-12-19)22(25)16-23-15-5-3-4-6-21(23)24(22)18-9-13-20(27-2)14-10-18;/h7-14,25H,3-6,15-16H2,1-2H3;1H/q+1;/p-1. The molecule has 5 nitrogen and oxygen atoms in total. The first-order valence-electron chi connectivity index (χ1n) is 9.58. The molecule has 150 valence electrons. The highest BCUT2D eigenvalue weighted by Gasteiger charge is 2.54. The second-order valence-electron chi connectivity index (χ2n) is 7.23. The Bertz CT molecular complexity index is 836. The van der Waals surface area contributed by atoms with Gasteiger partial charge >= 0.3 is 0 Å². The lowest BCUT2D eigenvalue weighted by molar-refractivity contribution is -0.534. The van der Waals surface area contributed by atoms with E-state index in [1.807, 2.05) is 48.5 Å². The molecule has 1 unspecified atom stereocenters. The summed E-state index contributed by atoms with van der Waals surface area (Å²) in [7, 11) is 3.32. The maximum absolute atomic E-state index is 11.9. The lowest BCUT2D eigenvalue weighted by Gasteiger charge is -2.29. The fourth-order valence-corrected chi connectivity index (χ4v) is 4.20. The van der Waals surface area contributed by atoms with Crippen molar-refractivity contribution in [1.29, 1.82) is 0 Å². The Balaban J connectivity index is 0.00000225. The lowest BCUT2D eigenvalue weighted by Crippen LogP contribution is -3.00. The highest BCUT2D eigenvalue weighted by Crippen LogP contribution is 2.38. The monoisotopic (exact) mass is 446 g/mol. The highest BCUT2D eigenvalue weighted by molar-refractivity contribution is 5.97. The Kier molecular flexibility index (Phi) is 6.30. The topological polar surface area (TPSA) is 44.9 Å². The van der Waals surface area contributed by atoms with Crippen molar-refractivity contribution in [3.8, 4) is 11.5 Å². The van der Waals surface area contributed by atoms with Gasteiger partial charge in [0.2, 0.25) is 0 Å². The Morgan fingerprint density at radius 2 is 1.50 bits per heavy atom. The third kappa shape index (κ3) is 3.63. The SMILES string of the molecule is COc1ccc(N2C3=[N+](CCCCC3)CC2(O)c2ccc(OC)cc2)cc1.[Br-]. The van der Waals surface area contributed by atoms with Gasteiger partial charge in [-0.2, -0.15) is 4.90 Å². The summed E-state index contributed by atoms with van der Waals surface area (Å²) in [4.78, 5) is 2.11. The Morgan fingerprint density at radius 1 is 0.893 bits per heavy atom. The first-order valence-corrected chi connectivity index (χ1v) is 9.58. The van der Waals surface area contributed by atoms with Crippen LogP contribution in [-0.2, 0) is 5.72 Å². The number of amidine groups is 1. The quantitative estimate of drug-likeness (QED) is 0.688. The van der Waals surface area contributed by atoms with Crippen LogP contribution >= 0.6 is 0 Å². The molecular weight excluding hydrogens is 420 g/mol. The Hall–Kier alpha value is -2.05. The van der Waals surface area contributed by atoms with Crippen molar-refractivity contribution in [2.45, 2.75) is 31.4 Å². The summed E-state index contributed by atoms with van der Waals surface area (Å²) >= 11 is 0. The molecule has 0 fully saturated rings. The van der Waals surface area contributed by atoms with E-state index in [2.05, 4.69) is 9.48 Å². The van der Waals surface area contributed by atoms with Crippen LogP contribution in [-0.4, -0.2) is 42.8 Å². The predicted octanol–water partition coefficient (Wildman–Crippen LogP) is 0.358. The minimum absolute atomic E-state index is 0. The van der Waals surface area contributed by atoms with Gasteiger partial charge in [-0.3, -0.25) is 4.58 Å². The minimum Gasteiger partial charge on any atom is -1.00 e. The molecule has 0 bridgehead atoms. The fourth-order valence-electron chi connectivity index (χ4n) is 4.20. The van der Waals surface area contributed by atoms with Crippen LogP contribution in [0.5, 0.6) is 11.5 Å². The van der Waals surface area contributed by atoms with Crippen molar-refractivity contribution < 1.29 is 36.1 Å². The molecule has 0 aromatic heterocycles. The van der Waals surface area contributed by atoms with Gasteiger partial charge in [-0.1, -0.05) is 0 Å². The fraction of sp³-hybridized carbons (Fsp3) is 0.409. The van der Waals surface area contributed by atoms with E-state index in [0.717, 1.165) is 42.1 Å². The minimum atomic E-state index is -1.10. The Morgan fingerprint density at radius 3 is 2.11 bits per heavy atom. The highest BCUT2D eigenvalue weighted by atomic mass is 79.9. The van der Waals surface area contributed by atoms with E-state index < -0.39 is 5.72 Å². The number of benzene rings is 2. The largest absolute Gasteiger partial charge is 1.00 e. The molecule has 0 amide bonds. The van der Waals surface area contributed by atoms with Crippen molar-refractivity contribution in [2.24, 2.45) is 0 Å². The van der Waals surface area contributed by atoms with Gasteiger partial charge in [0, 0.05) is 12.0 Å². The molecule has 6 heteroatoms. The van der Waals surface area contributed by atoms with E-state index in [1.54, 1.807) is 14.2 Å². The average molecular weight is 447 g/mol. The maximum atomic E-state index is 11.9. The van der Waals surface area contributed by atoms with Crippen LogP contribution in [0.4, 0.5) is 5.69 Å². The van der Waals surface area contributed by atoms with Crippen LogP contribution in [0, 0.1) is 0 Å². The number of hydrogen-bond acceptors (Lipinski definition) is 4. The summed E-state index contributed by atoms with van der Waals surface area (Å²) in [5.41, 5.74) is 0.751. The first kappa shape index (κ1) is 20.7. The molecule has 4 rings (SSSR count). The zero-order chi connectivity index (χ0) is 18.9. The molecule has 0 saturated carbocycles. The molecule has 0 aliphatic carbocycles. The number of halogens is 1. The first-order chi connectivity index (χ1) is 13.2. The summed E-state index contributed by atoms with van der Waals surface area (Å²) in [5, 5.41) is 11.9. The van der Waals surface area contributed by atoms with Gasteiger partial charge in [-0.15, -0.1) is 0 Å². The van der Waals surface area contributed by atoms with Gasteiger partial charge in [0.15, 0.2) is 6.54 Å². The zero-order valence-electron chi connectivity index (χ0n) is 16.4. The molecule has 2 aromatic carbocycles. The molecule has 0 radical (unpaired) electrons. The molecule has 0 spiro atoms. The summed E-state index contributed by atoms with van der Waals surface area (Å²) in [6.45, 7) is 1.56. The van der Waals surface area contributed by atoms with E-state index in [-0.39, 0.29) is 17.0 Å². The third-order valence-corrected chi connectivity index (χ3v) is 5.62. The molecule has 0 saturated heterocycles. The normalized spacial score (nSPS) is 21.6. The number of methoxy groups -OCH3 is 2. The van der Waals surface area contributed by atoms with Gasteiger partial charge < -0.3 is 31.6 Å². The van der Waals surface area contributed by atoms with E-state index in [4.69, 9.17) is 9.47 Å².